The molecule has 11 nitrogen and oxygen atoms in total. The highest BCUT2D eigenvalue weighted by atomic mass is 35.5. The number of hydrogen-bond donors (Lipinski definition) is 3. The third-order valence-electron chi connectivity index (χ3n) is 9.81. The molecule has 16 heteroatoms. The van der Waals surface area contributed by atoms with Crippen LogP contribution in [0.25, 0.3) is 0 Å². The van der Waals surface area contributed by atoms with Crippen LogP contribution in [0, 0.1) is 11.8 Å². The van der Waals surface area contributed by atoms with Crippen molar-refractivity contribution in [3.8, 4) is 0 Å². The second-order valence-electron chi connectivity index (χ2n) is 14.7. The van der Waals surface area contributed by atoms with E-state index in [1.165, 1.54) is 53.4 Å². The minimum absolute atomic E-state index is 0.0228. The molecule has 0 spiro atoms. The molecule has 1 aliphatic rings. The number of benzene rings is 4. The van der Waals surface area contributed by atoms with Crippen LogP contribution in [0.5, 0.6) is 0 Å². The third-order valence-corrected chi connectivity index (χ3v) is 11.4. The molecule has 0 fully saturated rings. The fourth-order valence-electron chi connectivity index (χ4n) is 6.60. The summed E-state index contributed by atoms with van der Waals surface area (Å²) in [6.07, 6.45) is -3.75. The van der Waals surface area contributed by atoms with Crippen molar-refractivity contribution in [2.75, 3.05) is 6.54 Å². The second-order valence-corrected chi connectivity index (χ2v) is 16.8. The van der Waals surface area contributed by atoms with Gasteiger partial charge in [0.2, 0.25) is 11.8 Å². The van der Waals surface area contributed by atoms with Gasteiger partial charge in [0.05, 0.1) is 23.0 Å². The van der Waals surface area contributed by atoms with Crippen molar-refractivity contribution in [1.82, 2.24) is 20.3 Å². The zero-order valence-corrected chi connectivity index (χ0v) is 33.5. The number of ketones is 1. The van der Waals surface area contributed by atoms with E-state index in [-0.39, 0.29) is 21.6 Å². The van der Waals surface area contributed by atoms with Crippen molar-refractivity contribution in [2.45, 2.75) is 69.7 Å². The topological polar surface area (TPSA) is 159 Å². The summed E-state index contributed by atoms with van der Waals surface area (Å²) < 4.78 is 66.8. The van der Waals surface area contributed by atoms with Crippen LogP contribution in [0.3, 0.4) is 0 Å². The number of hydrogen-bond acceptors (Lipinski definition) is 7. The van der Waals surface area contributed by atoms with Crippen LogP contribution in [0.4, 0.5) is 13.2 Å². The second kappa shape index (κ2) is 17.9. The Balaban J connectivity index is 1.32. The number of Topliss-reactive ketones (excluding diaryl/α,β-unsaturated/α-hetero) is 1. The quantitative estimate of drug-likeness (QED) is 0.127. The number of nitrogens with zero attached hydrogens (tertiary/aromatic N) is 1. The van der Waals surface area contributed by atoms with E-state index in [9.17, 15) is 45.6 Å². The van der Waals surface area contributed by atoms with Gasteiger partial charge >= 0.3 is 6.18 Å². The summed E-state index contributed by atoms with van der Waals surface area (Å²) in [4.78, 5) is 69.3. The molecule has 0 bridgehead atoms. The fraction of sp³-hybridized carbons (Fsp3) is 0.310. The normalized spacial score (nSPS) is 14.0. The SMILES string of the molecule is CC(C)C(NC(=O)c1ccc(C(=O)NS(=O)(=O)c2ccc(Cl)cc2)cc1)C(=O)N(CC(=O)N[C@H](C(=O)c1ccc(C(F)(F)F)cc1)C(C)C)C1Cc2ccccc2C1. The lowest BCUT2D eigenvalue weighted by atomic mass is 9.94. The largest absolute Gasteiger partial charge is 0.416 e. The number of alkyl halides is 3. The van der Waals surface area contributed by atoms with E-state index < -0.39 is 87.7 Å². The van der Waals surface area contributed by atoms with E-state index in [0.29, 0.717) is 17.9 Å². The van der Waals surface area contributed by atoms with Crippen LogP contribution in [-0.2, 0) is 38.6 Å². The summed E-state index contributed by atoms with van der Waals surface area (Å²) in [7, 11) is -4.22. The van der Waals surface area contributed by atoms with E-state index in [2.05, 4.69) is 10.6 Å². The number of carbonyl (C=O) groups excluding carboxylic acids is 5. The van der Waals surface area contributed by atoms with Crippen molar-refractivity contribution in [2.24, 2.45) is 11.8 Å². The molecule has 0 heterocycles. The molecule has 4 aromatic rings. The van der Waals surface area contributed by atoms with Crippen LogP contribution >= 0.6 is 11.6 Å². The summed E-state index contributed by atoms with van der Waals surface area (Å²) in [5.41, 5.74) is 1.04. The number of fused-ring (bicyclic) bond motifs is 1. The van der Waals surface area contributed by atoms with Crippen molar-refractivity contribution >= 4 is 51.0 Å². The Labute approximate surface area is 339 Å². The van der Waals surface area contributed by atoms with Gasteiger partial charge < -0.3 is 15.5 Å². The van der Waals surface area contributed by atoms with E-state index >= 15 is 0 Å². The maximum absolute atomic E-state index is 14.5. The van der Waals surface area contributed by atoms with Crippen LogP contribution < -0.4 is 15.4 Å². The predicted octanol–water partition coefficient (Wildman–Crippen LogP) is 6.25. The van der Waals surface area contributed by atoms with Gasteiger partial charge in [0.25, 0.3) is 21.8 Å². The zero-order chi connectivity index (χ0) is 42.5. The van der Waals surface area contributed by atoms with E-state index in [1.807, 2.05) is 29.0 Å². The highest BCUT2D eigenvalue weighted by Crippen LogP contribution is 2.30. The molecule has 4 aromatic carbocycles. The molecule has 0 radical (unpaired) electrons. The lowest BCUT2D eigenvalue weighted by molar-refractivity contribution is -0.141. The standard InChI is InChI=1S/C42H42ClF3N4O7S/c1-24(2)36(38(52)26-13-15-31(16-14-26)42(44,45)46)47-35(51)23-50(33-21-29-7-5-6-8-30(29)22-33)41(55)37(25(3)4)48-39(53)27-9-11-28(12-10-27)40(54)49-58(56,57)34-19-17-32(43)18-20-34/h5-20,24-25,33,36-37H,21-23H2,1-4H3,(H,47,51)(H,48,53)(H,49,54)/t36-,37?/m0/s1. The first-order chi connectivity index (χ1) is 27.2. The number of carbonyl (C=O) groups is 5. The van der Waals surface area contributed by atoms with E-state index in [1.54, 1.807) is 27.7 Å². The molecule has 306 valence electrons. The lowest BCUT2D eigenvalue weighted by Crippen LogP contribution is -2.57. The molecule has 1 aliphatic carbocycles. The third kappa shape index (κ3) is 10.5. The molecule has 0 saturated heterocycles. The number of rotatable bonds is 14. The maximum atomic E-state index is 14.5. The molecular weight excluding hydrogens is 797 g/mol. The van der Waals surface area contributed by atoms with Gasteiger partial charge in [-0.1, -0.05) is 75.7 Å². The molecule has 5 rings (SSSR count). The number of halogens is 4. The van der Waals surface area contributed by atoms with Crippen molar-refractivity contribution < 1.29 is 45.6 Å². The fourth-order valence-corrected chi connectivity index (χ4v) is 7.70. The molecule has 0 aliphatic heterocycles. The van der Waals surface area contributed by atoms with Crippen LogP contribution in [0.2, 0.25) is 5.02 Å². The van der Waals surface area contributed by atoms with Crippen molar-refractivity contribution in [3.05, 3.63) is 135 Å². The lowest BCUT2D eigenvalue weighted by Gasteiger charge is -2.34. The summed E-state index contributed by atoms with van der Waals surface area (Å²) in [6, 6.07) is 18.9. The van der Waals surface area contributed by atoms with E-state index in [4.69, 9.17) is 11.6 Å². The Morgan fingerprint density at radius 1 is 0.707 bits per heavy atom. The van der Waals surface area contributed by atoms with Gasteiger partial charge in [-0.05, 0) is 96.5 Å². The van der Waals surface area contributed by atoms with Crippen LogP contribution in [0.1, 0.15) is 75.5 Å². The van der Waals surface area contributed by atoms with Gasteiger partial charge in [0.15, 0.2) is 5.78 Å². The zero-order valence-electron chi connectivity index (χ0n) is 32.0. The summed E-state index contributed by atoms with van der Waals surface area (Å²) in [5.74, 6) is -4.38. The number of nitrogens with one attached hydrogen (secondary N) is 3. The van der Waals surface area contributed by atoms with Gasteiger partial charge in [0.1, 0.15) is 6.04 Å². The van der Waals surface area contributed by atoms with Gasteiger partial charge in [-0.15, -0.1) is 0 Å². The van der Waals surface area contributed by atoms with E-state index in [0.717, 1.165) is 35.4 Å². The Morgan fingerprint density at radius 3 is 1.71 bits per heavy atom. The number of sulfonamides is 1. The first kappa shape index (κ1) is 43.6. The average Bonchev–Trinajstić information content (AvgIpc) is 3.61. The van der Waals surface area contributed by atoms with Gasteiger partial charge in [-0.3, -0.25) is 24.0 Å². The molecule has 58 heavy (non-hydrogen) atoms. The first-order valence-corrected chi connectivity index (χ1v) is 20.2. The molecule has 0 aromatic heterocycles. The van der Waals surface area contributed by atoms with Crippen molar-refractivity contribution in [3.63, 3.8) is 0 Å². The van der Waals surface area contributed by atoms with Crippen LogP contribution in [-0.4, -0.2) is 67.4 Å². The minimum atomic E-state index is -4.59. The van der Waals surface area contributed by atoms with Gasteiger partial charge in [-0.25, -0.2) is 13.1 Å². The highest BCUT2D eigenvalue weighted by Gasteiger charge is 2.38. The molecule has 2 atom stereocenters. The van der Waals surface area contributed by atoms with Gasteiger partial charge in [0, 0.05) is 27.8 Å². The highest BCUT2D eigenvalue weighted by molar-refractivity contribution is 7.90. The Bertz CT molecular complexity index is 2260. The van der Waals surface area contributed by atoms with Crippen LogP contribution in [0.15, 0.2) is 102 Å². The monoisotopic (exact) mass is 838 g/mol. The smallest absolute Gasteiger partial charge is 0.344 e. The Hall–Kier alpha value is -5.54. The predicted molar refractivity (Wildman–Crippen MR) is 211 cm³/mol. The molecule has 4 amide bonds. The average molecular weight is 839 g/mol. The maximum Gasteiger partial charge on any atom is 0.416 e. The molecular formula is C42H42ClF3N4O7S. The molecule has 0 saturated carbocycles. The summed E-state index contributed by atoms with van der Waals surface area (Å²) >= 11 is 5.83. The van der Waals surface area contributed by atoms with Gasteiger partial charge in [-0.2, -0.15) is 13.2 Å². The minimum Gasteiger partial charge on any atom is -0.344 e. The molecule has 1 unspecified atom stereocenters. The summed E-state index contributed by atoms with van der Waals surface area (Å²) in [5, 5.41) is 5.76. The Kier molecular flexibility index (Phi) is 13.5. The number of amides is 4. The molecule has 3 N–H and O–H groups in total. The van der Waals surface area contributed by atoms with Crippen molar-refractivity contribution in [1.29, 1.82) is 0 Å². The Morgan fingerprint density at radius 2 is 1.21 bits per heavy atom. The summed E-state index contributed by atoms with van der Waals surface area (Å²) in [6.45, 7) is 6.31. The first-order valence-electron chi connectivity index (χ1n) is 18.4.